The van der Waals surface area contributed by atoms with Gasteiger partial charge in [-0.15, -0.1) is 0 Å². The van der Waals surface area contributed by atoms with Gasteiger partial charge < -0.3 is 10.5 Å². The van der Waals surface area contributed by atoms with Gasteiger partial charge in [0.1, 0.15) is 11.9 Å². The van der Waals surface area contributed by atoms with Crippen LogP contribution in [0, 0.1) is 5.41 Å². The van der Waals surface area contributed by atoms with E-state index in [1.54, 1.807) is 12.4 Å². The number of ether oxygens (including phenoxy) is 1. The summed E-state index contributed by atoms with van der Waals surface area (Å²) in [6.07, 6.45) is 11.5. The van der Waals surface area contributed by atoms with E-state index < -0.39 is 0 Å². The summed E-state index contributed by atoms with van der Waals surface area (Å²) in [6.45, 7) is 2.62. The molecule has 4 nitrogen and oxygen atoms in total. The lowest BCUT2D eigenvalue weighted by molar-refractivity contribution is 0.139. The summed E-state index contributed by atoms with van der Waals surface area (Å²) in [5.41, 5.74) is 7.37. The average Bonchev–Trinajstić information content (AvgIpc) is 2.58. The summed E-state index contributed by atoms with van der Waals surface area (Å²) >= 11 is 0. The van der Waals surface area contributed by atoms with Crippen molar-refractivity contribution in [2.45, 2.75) is 13.0 Å². The highest BCUT2D eigenvalue weighted by molar-refractivity contribution is 5.54. The lowest BCUT2D eigenvalue weighted by Gasteiger charge is -2.34. The van der Waals surface area contributed by atoms with E-state index in [1.165, 1.54) is 0 Å². The quantitative estimate of drug-likeness (QED) is 0.941. The molecule has 4 heteroatoms. The molecule has 0 saturated carbocycles. The van der Waals surface area contributed by atoms with Crippen molar-refractivity contribution < 1.29 is 4.74 Å². The molecule has 2 heterocycles. The molecule has 1 aliphatic rings. The third-order valence-electron chi connectivity index (χ3n) is 3.89. The smallest absolute Gasteiger partial charge is 0.138 e. The van der Waals surface area contributed by atoms with E-state index in [0.29, 0.717) is 6.54 Å². The highest BCUT2D eigenvalue weighted by Crippen LogP contribution is 2.30. The van der Waals surface area contributed by atoms with Gasteiger partial charge in [0.15, 0.2) is 0 Å². The maximum absolute atomic E-state index is 6.05. The van der Waals surface area contributed by atoms with Crippen molar-refractivity contribution in [2.75, 3.05) is 6.54 Å². The summed E-state index contributed by atoms with van der Waals surface area (Å²) < 4.78 is 6.05. The van der Waals surface area contributed by atoms with Gasteiger partial charge >= 0.3 is 0 Å². The van der Waals surface area contributed by atoms with Gasteiger partial charge in [0.2, 0.25) is 0 Å². The van der Waals surface area contributed by atoms with Crippen LogP contribution < -0.4 is 10.5 Å². The van der Waals surface area contributed by atoms with E-state index in [-0.39, 0.29) is 11.5 Å². The number of hydrogen-bond acceptors (Lipinski definition) is 4. The van der Waals surface area contributed by atoms with E-state index in [9.17, 15) is 0 Å². The molecule has 0 radical (unpaired) electrons. The summed E-state index contributed by atoms with van der Waals surface area (Å²) in [5.74, 6) is 0.726. The molecular formula is C18H19N3O. The minimum absolute atomic E-state index is 0.0926. The molecule has 1 aliphatic carbocycles. The number of nitrogens with two attached hydrogens (primary N) is 1. The maximum atomic E-state index is 6.05. The molecule has 0 bridgehead atoms. The zero-order valence-corrected chi connectivity index (χ0v) is 12.5. The van der Waals surface area contributed by atoms with Crippen LogP contribution in [0.4, 0.5) is 0 Å². The van der Waals surface area contributed by atoms with Crippen LogP contribution in [0.25, 0.3) is 11.4 Å². The van der Waals surface area contributed by atoms with E-state index in [1.807, 2.05) is 48.6 Å². The SMILES string of the molecule is CC1(CN)C=CC=CC1Oc1ccc(-c2ccccn2)nc1. The molecule has 0 fully saturated rings. The Kier molecular flexibility index (Phi) is 4.02. The molecule has 2 N–H and O–H groups in total. The molecule has 22 heavy (non-hydrogen) atoms. The van der Waals surface area contributed by atoms with Crippen molar-refractivity contribution in [2.24, 2.45) is 11.1 Å². The Hall–Kier alpha value is -2.46. The van der Waals surface area contributed by atoms with Crippen LogP contribution >= 0.6 is 0 Å². The molecular weight excluding hydrogens is 274 g/mol. The first-order valence-electron chi connectivity index (χ1n) is 7.31. The predicted molar refractivity (Wildman–Crippen MR) is 87.3 cm³/mol. The van der Waals surface area contributed by atoms with Crippen LogP contribution in [0.2, 0.25) is 0 Å². The second-order valence-electron chi connectivity index (χ2n) is 5.59. The van der Waals surface area contributed by atoms with E-state index in [2.05, 4.69) is 23.0 Å². The van der Waals surface area contributed by atoms with Crippen molar-refractivity contribution in [3.8, 4) is 17.1 Å². The summed E-state index contributed by atoms with van der Waals surface area (Å²) in [7, 11) is 0. The van der Waals surface area contributed by atoms with Crippen LogP contribution in [0.1, 0.15) is 6.92 Å². The maximum Gasteiger partial charge on any atom is 0.138 e. The van der Waals surface area contributed by atoms with Gasteiger partial charge in [-0.05, 0) is 30.3 Å². The fourth-order valence-corrected chi connectivity index (χ4v) is 2.38. The standard InChI is InChI=1S/C18H19N3O/c1-18(13-19)10-4-2-7-17(18)22-14-8-9-16(21-12-14)15-6-3-5-11-20-15/h2-12,17H,13,19H2,1H3. The molecule has 0 aliphatic heterocycles. The Labute approximate surface area is 130 Å². The number of pyridine rings is 2. The van der Waals surface area contributed by atoms with Crippen molar-refractivity contribution >= 4 is 0 Å². The molecule has 112 valence electrons. The molecule has 3 rings (SSSR count). The first-order chi connectivity index (χ1) is 10.7. The van der Waals surface area contributed by atoms with Gasteiger partial charge in [-0.1, -0.05) is 31.2 Å². The van der Waals surface area contributed by atoms with Gasteiger partial charge in [0.05, 0.1) is 17.6 Å². The van der Waals surface area contributed by atoms with Crippen molar-refractivity contribution in [1.82, 2.24) is 9.97 Å². The average molecular weight is 293 g/mol. The molecule has 0 saturated heterocycles. The van der Waals surface area contributed by atoms with Crippen molar-refractivity contribution in [1.29, 1.82) is 0 Å². The van der Waals surface area contributed by atoms with E-state index in [4.69, 9.17) is 10.5 Å². The highest BCUT2D eigenvalue weighted by atomic mass is 16.5. The zero-order chi connectivity index (χ0) is 15.4. The van der Waals surface area contributed by atoms with Gasteiger partial charge in [-0.25, -0.2) is 0 Å². The Balaban J connectivity index is 1.77. The number of hydrogen-bond donors (Lipinski definition) is 1. The molecule has 2 unspecified atom stereocenters. The largest absolute Gasteiger partial charge is 0.484 e. The fourth-order valence-electron chi connectivity index (χ4n) is 2.38. The highest BCUT2D eigenvalue weighted by Gasteiger charge is 2.32. The van der Waals surface area contributed by atoms with E-state index in [0.717, 1.165) is 17.1 Å². The predicted octanol–water partition coefficient (Wildman–Crippen LogP) is 2.98. The van der Waals surface area contributed by atoms with Crippen LogP contribution in [-0.4, -0.2) is 22.6 Å². The van der Waals surface area contributed by atoms with Crippen LogP contribution in [0.3, 0.4) is 0 Å². The van der Waals surface area contributed by atoms with Crippen molar-refractivity contribution in [3.05, 3.63) is 67.0 Å². The number of aromatic nitrogens is 2. The second kappa shape index (κ2) is 6.12. The van der Waals surface area contributed by atoms with E-state index >= 15 is 0 Å². The third kappa shape index (κ3) is 2.92. The Morgan fingerprint density at radius 1 is 1.14 bits per heavy atom. The summed E-state index contributed by atoms with van der Waals surface area (Å²) in [6, 6.07) is 9.60. The Morgan fingerprint density at radius 3 is 2.68 bits per heavy atom. The number of nitrogens with zero attached hydrogens (tertiary/aromatic N) is 2. The molecule has 0 aromatic carbocycles. The lowest BCUT2D eigenvalue weighted by Crippen LogP contribution is -2.41. The van der Waals surface area contributed by atoms with Crippen LogP contribution in [0.5, 0.6) is 5.75 Å². The molecule has 0 amide bonds. The lowest BCUT2D eigenvalue weighted by atomic mass is 9.81. The van der Waals surface area contributed by atoms with Crippen molar-refractivity contribution in [3.63, 3.8) is 0 Å². The van der Waals surface area contributed by atoms with Gasteiger partial charge in [-0.3, -0.25) is 9.97 Å². The third-order valence-corrected chi connectivity index (χ3v) is 3.89. The minimum atomic E-state index is -0.200. The Morgan fingerprint density at radius 2 is 2.00 bits per heavy atom. The van der Waals surface area contributed by atoms with Crippen LogP contribution in [0.15, 0.2) is 67.0 Å². The van der Waals surface area contributed by atoms with Gasteiger partial charge in [0, 0.05) is 18.2 Å². The molecule has 2 atom stereocenters. The van der Waals surface area contributed by atoms with Gasteiger partial charge in [0.25, 0.3) is 0 Å². The Bertz CT molecular complexity index is 679. The number of allylic oxidation sites excluding steroid dienone is 2. The molecule has 2 aromatic rings. The topological polar surface area (TPSA) is 61.0 Å². The molecule has 2 aromatic heterocycles. The second-order valence-corrected chi connectivity index (χ2v) is 5.59. The number of rotatable bonds is 4. The monoisotopic (exact) mass is 293 g/mol. The summed E-state index contributed by atoms with van der Waals surface area (Å²) in [5, 5.41) is 0. The first kappa shape index (κ1) is 14.5. The summed E-state index contributed by atoms with van der Waals surface area (Å²) in [4.78, 5) is 8.72. The minimum Gasteiger partial charge on any atom is -0.484 e. The molecule has 0 spiro atoms. The first-order valence-corrected chi connectivity index (χ1v) is 7.31. The fraction of sp³-hybridized carbons (Fsp3) is 0.222. The normalized spacial score (nSPS) is 23.5. The zero-order valence-electron chi connectivity index (χ0n) is 12.5. The van der Waals surface area contributed by atoms with Crippen LogP contribution in [-0.2, 0) is 0 Å². The van der Waals surface area contributed by atoms with Gasteiger partial charge in [-0.2, -0.15) is 0 Å².